The van der Waals surface area contributed by atoms with Crippen molar-refractivity contribution in [2.45, 2.75) is 25.4 Å². The van der Waals surface area contributed by atoms with Crippen molar-refractivity contribution >= 4 is 11.9 Å². The van der Waals surface area contributed by atoms with Gasteiger partial charge in [0, 0.05) is 26.8 Å². The zero-order valence-electron chi connectivity index (χ0n) is 10.1. The number of aliphatic carboxylic acids is 1. The summed E-state index contributed by atoms with van der Waals surface area (Å²) in [5, 5.41) is 8.63. The molecule has 1 aliphatic rings. The van der Waals surface area contributed by atoms with Gasteiger partial charge in [0.1, 0.15) is 6.10 Å². The molecule has 1 aliphatic heterocycles. The lowest BCUT2D eigenvalue weighted by atomic mass is 10.2. The van der Waals surface area contributed by atoms with Gasteiger partial charge in [0.2, 0.25) is 0 Å². The summed E-state index contributed by atoms with van der Waals surface area (Å²) in [7, 11) is 1.55. The number of carbonyl (C=O) groups excluding carboxylic acids is 1. The Bertz CT molecular complexity index is 263. The van der Waals surface area contributed by atoms with Gasteiger partial charge in [-0.15, -0.1) is 0 Å². The minimum absolute atomic E-state index is 0.0534. The number of carbonyl (C=O) groups is 2. The average Bonchev–Trinajstić information content (AvgIpc) is 2.81. The number of hydrogen-bond acceptors (Lipinski definition) is 4. The molecular weight excluding hydrogens is 226 g/mol. The molecule has 0 bridgehead atoms. The van der Waals surface area contributed by atoms with Crippen LogP contribution >= 0.6 is 0 Å². The summed E-state index contributed by atoms with van der Waals surface area (Å²) in [5.41, 5.74) is 0. The molecule has 0 aromatic heterocycles. The molecule has 1 heterocycles. The van der Waals surface area contributed by atoms with E-state index in [2.05, 4.69) is 0 Å². The standard InChI is InChI=1S/C11H19NO5/c1-16-8-6-12(5-4-10(13)14)11(15)9-3-2-7-17-9/h9H,2-8H2,1H3,(H,13,14). The number of amides is 1. The predicted octanol–water partition coefficient (Wildman–Crippen LogP) is 0.115. The van der Waals surface area contributed by atoms with E-state index in [1.165, 1.54) is 4.90 Å². The molecule has 1 rings (SSSR count). The van der Waals surface area contributed by atoms with E-state index in [0.29, 0.717) is 19.8 Å². The van der Waals surface area contributed by atoms with Crippen molar-refractivity contribution in [3.05, 3.63) is 0 Å². The second kappa shape index (κ2) is 7.24. The van der Waals surface area contributed by atoms with Crippen LogP contribution in [0.5, 0.6) is 0 Å². The lowest BCUT2D eigenvalue weighted by Gasteiger charge is -2.24. The highest BCUT2D eigenvalue weighted by atomic mass is 16.5. The molecule has 0 saturated carbocycles. The van der Waals surface area contributed by atoms with E-state index in [-0.39, 0.29) is 18.9 Å². The number of methoxy groups -OCH3 is 1. The highest BCUT2D eigenvalue weighted by Crippen LogP contribution is 2.14. The number of carboxylic acid groups (broad SMARTS) is 1. The van der Waals surface area contributed by atoms with E-state index < -0.39 is 12.1 Å². The molecule has 0 spiro atoms. The summed E-state index contributed by atoms with van der Waals surface area (Å²) >= 11 is 0. The van der Waals surface area contributed by atoms with Gasteiger partial charge >= 0.3 is 5.97 Å². The normalized spacial score (nSPS) is 19.2. The van der Waals surface area contributed by atoms with E-state index in [4.69, 9.17) is 14.6 Å². The second-order valence-electron chi connectivity index (χ2n) is 3.96. The molecule has 1 amide bonds. The zero-order chi connectivity index (χ0) is 12.7. The summed E-state index contributed by atoms with van der Waals surface area (Å²) in [6, 6.07) is 0. The van der Waals surface area contributed by atoms with Gasteiger partial charge in [0.05, 0.1) is 13.0 Å². The van der Waals surface area contributed by atoms with Crippen molar-refractivity contribution in [2.24, 2.45) is 0 Å². The average molecular weight is 245 g/mol. The fourth-order valence-corrected chi connectivity index (χ4v) is 1.74. The van der Waals surface area contributed by atoms with Crippen LogP contribution in [0.2, 0.25) is 0 Å². The Morgan fingerprint density at radius 1 is 1.47 bits per heavy atom. The van der Waals surface area contributed by atoms with Crippen molar-refractivity contribution in [1.82, 2.24) is 4.90 Å². The Balaban J connectivity index is 2.47. The third kappa shape index (κ3) is 4.70. The number of carboxylic acids is 1. The van der Waals surface area contributed by atoms with Gasteiger partial charge in [-0.05, 0) is 12.8 Å². The first kappa shape index (κ1) is 13.9. The van der Waals surface area contributed by atoms with Crippen LogP contribution in [0.15, 0.2) is 0 Å². The van der Waals surface area contributed by atoms with E-state index >= 15 is 0 Å². The summed E-state index contributed by atoms with van der Waals surface area (Å²) < 4.78 is 10.2. The first-order chi connectivity index (χ1) is 8.15. The third-order valence-corrected chi connectivity index (χ3v) is 2.68. The number of hydrogen-bond donors (Lipinski definition) is 1. The third-order valence-electron chi connectivity index (χ3n) is 2.68. The molecule has 0 aromatic carbocycles. The first-order valence-corrected chi connectivity index (χ1v) is 5.76. The van der Waals surface area contributed by atoms with Gasteiger partial charge in [0.25, 0.3) is 5.91 Å². The Kier molecular flexibility index (Phi) is 5.93. The maximum absolute atomic E-state index is 12.0. The van der Waals surface area contributed by atoms with E-state index in [0.717, 1.165) is 12.8 Å². The van der Waals surface area contributed by atoms with Gasteiger partial charge in [-0.3, -0.25) is 9.59 Å². The molecule has 0 aliphatic carbocycles. The fraction of sp³-hybridized carbons (Fsp3) is 0.818. The van der Waals surface area contributed by atoms with Crippen molar-refractivity contribution < 1.29 is 24.2 Å². The Morgan fingerprint density at radius 2 is 2.24 bits per heavy atom. The van der Waals surface area contributed by atoms with Crippen LogP contribution in [0.25, 0.3) is 0 Å². The molecule has 17 heavy (non-hydrogen) atoms. The van der Waals surface area contributed by atoms with Gasteiger partial charge < -0.3 is 19.5 Å². The Hall–Kier alpha value is -1.14. The lowest BCUT2D eigenvalue weighted by molar-refractivity contribution is -0.143. The van der Waals surface area contributed by atoms with Crippen LogP contribution in [-0.4, -0.2) is 61.4 Å². The van der Waals surface area contributed by atoms with E-state index in [9.17, 15) is 9.59 Å². The van der Waals surface area contributed by atoms with Gasteiger partial charge in [-0.1, -0.05) is 0 Å². The molecule has 98 valence electrons. The first-order valence-electron chi connectivity index (χ1n) is 5.76. The molecule has 1 unspecified atom stereocenters. The van der Waals surface area contributed by atoms with Crippen molar-refractivity contribution in [3.8, 4) is 0 Å². The summed E-state index contributed by atoms with van der Waals surface area (Å²) in [4.78, 5) is 24.0. The predicted molar refractivity (Wildman–Crippen MR) is 59.7 cm³/mol. The van der Waals surface area contributed by atoms with Crippen molar-refractivity contribution in [3.63, 3.8) is 0 Å². The highest BCUT2D eigenvalue weighted by Gasteiger charge is 2.28. The molecule has 6 heteroatoms. The molecular formula is C11H19NO5. The number of rotatable bonds is 7. The SMILES string of the molecule is COCCN(CCC(=O)O)C(=O)C1CCCO1. The highest BCUT2D eigenvalue weighted by molar-refractivity contribution is 5.81. The summed E-state index contributed by atoms with van der Waals surface area (Å²) in [6.45, 7) is 1.62. The van der Waals surface area contributed by atoms with Crippen LogP contribution in [0.3, 0.4) is 0 Å². The monoisotopic (exact) mass is 245 g/mol. The minimum Gasteiger partial charge on any atom is -0.481 e. The quantitative estimate of drug-likeness (QED) is 0.689. The Morgan fingerprint density at radius 3 is 2.76 bits per heavy atom. The fourth-order valence-electron chi connectivity index (χ4n) is 1.74. The van der Waals surface area contributed by atoms with Crippen LogP contribution in [-0.2, 0) is 19.1 Å². The second-order valence-corrected chi connectivity index (χ2v) is 3.96. The minimum atomic E-state index is -0.910. The molecule has 0 aromatic rings. The van der Waals surface area contributed by atoms with E-state index in [1.807, 2.05) is 0 Å². The molecule has 0 radical (unpaired) electrons. The largest absolute Gasteiger partial charge is 0.481 e. The summed E-state index contributed by atoms with van der Waals surface area (Å²) in [5.74, 6) is -1.03. The van der Waals surface area contributed by atoms with Crippen molar-refractivity contribution in [1.29, 1.82) is 0 Å². The molecule has 6 nitrogen and oxygen atoms in total. The summed E-state index contributed by atoms with van der Waals surface area (Å²) in [6.07, 6.45) is 1.14. The smallest absolute Gasteiger partial charge is 0.305 e. The molecule has 1 saturated heterocycles. The molecule has 1 N–H and O–H groups in total. The lowest BCUT2D eigenvalue weighted by Crippen LogP contribution is -2.41. The number of nitrogens with zero attached hydrogens (tertiary/aromatic N) is 1. The van der Waals surface area contributed by atoms with Gasteiger partial charge in [-0.2, -0.15) is 0 Å². The topological polar surface area (TPSA) is 76.1 Å². The maximum Gasteiger partial charge on any atom is 0.305 e. The van der Waals surface area contributed by atoms with Crippen molar-refractivity contribution in [2.75, 3.05) is 33.4 Å². The van der Waals surface area contributed by atoms with Crippen LogP contribution in [0.4, 0.5) is 0 Å². The van der Waals surface area contributed by atoms with Gasteiger partial charge in [-0.25, -0.2) is 0 Å². The van der Waals surface area contributed by atoms with Gasteiger partial charge in [0.15, 0.2) is 0 Å². The molecule has 1 fully saturated rings. The maximum atomic E-state index is 12.0. The van der Waals surface area contributed by atoms with Crippen LogP contribution in [0, 0.1) is 0 Å². The zero-order valence-corrected chi connectivity index (χ0v) is 10.1. The molecule has 1 atom stereocenters. The Labute approximate surface area is 100 Å². The number of ether oxygens (including phenoxy) is 2. The van der Waals surface area contributed by atoms with E-state index in [1.54, 1.807) is 7.11 Å². The van der Waals surface area contributed by atoms with Crippen LogP contribution in [0.1, 0.15) is 19.3 Å². The van der Waals surface area contributed by atoms with Crippen LogP contribution < -0.4 is 0 Å².